The van der Waals surface area contributed by atoms with Crippen molar-refractivity contribution in [3.63, 3.8) is 0 Å². The molecule has 0 aliphatic rings. The highest BCUT2D eigenvalue weighted by Crippen LogP contribution is 2.17. The second kappa shape index (κ2) is 8.74. The summed E-state index contributed by atoms with van der Waals surface area (Å²) in [7, 11) is 0. The molecule has 0 atom stereocenters. The largest absolute Gasteiger partial charge is 0.489 e. The lowest BCUT2D eigenvalue weighted by molar-refractivity contribution is -0.136. The summed E-state index contributed by atoms with van der Waals surface area (Å²) in [6.07, 6.45) is 1.50. The van der Waals surface area contributed by atoms with Crippen molar-refractivity contribution in [2.24, 2.45) is 0 Å². The van der Waals surface area contributed by atoms with E-state index in [1.54, 1.807) is 36.4 Å². The number of carbonyl (C=O) groups excluding carboxylic acids is 2. The Labute approximate surface area is 145 Å². The van der Waals surface area contributed by atoms with E-state index in [-0.39, 0.29) is 6.54 Å². The third kappa shape index (κ3) is 5.44. The van der Waals surface area contributed by atoms with Gasteiger partial charge in [-0.25, -0.2) is 0 Å². The molecule has 0 spiro atoms. The highest BCUT2D eigenvalue weighted by molar-refractivity contribution is 6.39. The van der Waals surface area contributed by atoms with Crippen molar-refractivity contribution < 1.29 is 14.3 Å². The molecule has 2 rings (SSSR count). The van der Waals surface area contributed by atoms with Gasteiger partial charge >= 0.3 is 11.8 Å². The van der Waals surface area contributed by atoms with E-state index in [1.807, 2.05) is 12.1 Å². The van der Waals surface area contributed by atoms with E-state index in [0.717, 1.165) is 5.56 Å². The van der Waals surface area contributed by atoms with Crippen LogP contribution in [0.25, 0.3) is 0 Å². The third-order valence-corrected chi connectivity index (χ3v) is 3.30. The van der Waals surface area contributed by atoms with Gasteiger partial charge < -0.3 is 15.4 Å². The van der Waals surface area contributed by atoms with Crippen LogP contribution in [0.15, 0.2) is 61.2 Å². The van der Waals surface area contributed by atoms with Crippen molar-refractivity contribution in [1.29, 1.82) is 0 Å². The zero-order chi connectivity index (χ0) is 17.4. The molecular formula is C18H17ClN2O3. The molecule has 0 radical (unpaired) electrons. The van der Waals surface area contributed by atoms with Crippen molar-refractivity contribution >= 4 is 29.1 Å². The second-order valence-corrected chi connectivity index (χ2v) is 5.33. The van der Waals surface area contributed by atoms with Gasteiger partial charge in [-0.3, -0.25) is 9.59 Å². The van der Waals surface area contributed by atoms with Crippen molar-refractivity contribution in [2.75, 3.05) is 11.9 Å². The number of carbonyl (C=O) groups is 2. The second-order valence-electron chi connectivity index (χ2n) is 4.89. The van der Waals surface area contributed by atoms with E-state index in [9.17, 15) is 9.59 Å². The van der Waals surface area contributed by atoms with Crippen LogP contribution in [0.1, 0.15) is 5.56 Å². The summed E-state index contributed by atoms with van der Waals surface area (Å²) in [5.41, 5.74) is 1.50. The van der Waals surface area contributed by atoms with E-state index >= 15 is 0 Å². The summed E-state index contributed by atoms with van der Waals surface area (Å²) in [5, 5.41) is 5.58. The number of ether oxygens (including phenoxy) is 1. The highest BCUT2D eigenvalue weighted by atomic mass is 35.5. The van der Waals surface area contributed by atoms with Gasteiger partial charge in [-0.05, 0) is 42.0 Å². The number of nitrogens with one attached hydrogen (secondary N) is 2. The molecule has 0 aliphatic carbocycles. The summed E-state index contributed by atoms with van der Waals surface area (Å²) in [6.45, 7) is 4.11. The number of hydrogen-bond acceptors (Lipinski definition) is 3. The predicted octanol–water partition coefficient (Wildman–Crippen LogP) is 3.16. The summed E-state index contributed by atoms with van der Waals surface area (Å²) in [4.78, 5) is 23.1. The number of amides is 2. The molecule has 124 valence electrons. The van der Waals surface area contributed by atoms with Crippen LogP contribution >= 0.6 is 11.6 Å². The summed E-state index contributed by atoms with van der Waals surface area (Å²) in [6, 6.07) is 14.1. The molecule has 2 aromatic carbocycles. The van der Waals surface area contributed by atoms with Crippen molar-refractivity contribution in [2.45, 2.75) is 6.61 Å². The first-order chi connectivity index (χ1) is 11.6. The van der Waals surface area contributed by atoms with Gasteiger partial charge in [0.15, 0.2) is 0 Å². The molecule has 0 bridgehead atoms. The SMILES string of the molecule is C=CCNC(=O)C(=O)Nc1ccc(OCc2ccc(Cl)cc2)cc1. The Morgan fingerprint density at radius 1 is 1.04 bits per heavy atom. The minimum atomic E-state index is -0.730. The molecule has 0 saturated carbocycles. The zero-order valence-corrected chi connectivity index (χ0v) is 13.7. The van der Waals surface area contributed by atoms with E-state index in [0.29, 0.717) is 23.1 Å². The summed E-state index contributed by atoms with van der Waals surface area (Å²) in [5.74, 6) is -0.788. The average molecular weight is 345 g/mol. The van der Waals surface area contributed by atoms with Gasteiger partial charge in [0, 0.05) is 17.3 Å². The number of rotatable bonds is 6. The maximum atomic E-state index is 11.6. The minimum absolute atomic E-state index is 0.240. The molecule has 0 aliphatic heterocycles. The number of hydrogen-bond donors (Lipinski definition) is 2. The molecule has 5 nitrogen and oxygen atoms in total. The molecule has 0 heterocycles. The number of anilines is 1. The summed E-state index contributed by atoms with van der Waals surface area (Å²) >= 11 is 5.83. The molecule has 2 aromatic rings. The molecule has 0 unspecified atom stereocenters. The fourth-order valence-corrected chi connectivity index (χ4v) is 1.94. The molecule has 0 aromatic heterocycles. The number of halogens is 1. The van der Waals surface area contributed by atoms with Crippen LogP contribution in [0.2, 0.25) is 5.02 Å². The van der Waals surface area contributed by atoms with Crippen molar-refractivity contribution in [3.8, 4) is 5.75 Å². The Morgan fingerprint density at radius 2 is 1.71 bits per heavy atom. The number of benzene rings is 2. The molecule has 2 amide bonds. The molecule has 0 fully saturated rings. The van der Waals surface area contributed by atoms with Crippen LogP contribution in [0.5, 0.6) is 5.75 Å². The van der Waals surface area contributed by atoms with Gasteiger partial charge in [-0.2, -0.15) is 0 Å². The van der Waals surface area contributed by atoms with Gasteiger partial charge in [0.1, 0.15) is 12.4 Å². The first-order valence-electron chi connectivity index (χ1n) is 7.26. The van der Waals surface area contributed by atoms with Crippen molar-refractivity contribution in [3.05, 3.63) is 71.8 Å². The molecule has 6 heteroatoms. The lowest BCUT2D eigenvalue weighted by Gasteiger charge is -2.08. The van der Waals surface area contributed by atoms with Crippen LogP contribution in [0.4, 0.5) is 5.69 Å². The van der Waals surface area contributed by atoms with Gasteiger partial charge in [0.25, 0.3) is 0 Å². The minimum Gasteiger partial charge on any atom is -0.489 e. The Morgan fingerprint density at radius 3 is 2.33 bits per heavy atom. The standard InChI is InChI=1S/C18H17ClN2O3/c1-2-11-20-17(22)18(23)21-15-7-9-16(10-8-15)24-12-13-3-5-14(19)6-4-13/h2-10H,1,11-12H2,(H,20,22)(H,21,23). The van der Waals surface area contributed by atoms with E-state index < -0.39 is 11.8 Å². The van der Waals surface area contributed by atoms with Gasteiger partial charge in [0.05, 0.1) is 0 Å². The van der Waals surface area contributed by atoms with Crippen LogP contribution in [-0.2, 0) is 16.2 Å². The third-order valence-electron chi connectivity index (χ3n) is 3.04. The van der Waals surface area contributed by atoms with E-state index in [4.69, 9.17) is 16.3 Å². The zero-order valence-electron chi connectivity index (χ0n) is 12.9. The Bertz CT molecular complexity index is 712. The normalized spacial score (nSPS) is 9.88. The lowest BCUT2D eigenvalue weighted by atomic mass is 10.2. The summed E-state index contributed by atoms with van der Waals surface area (Å²) < 4.78 is 5.65. The average Bonchev–Trinajstić information content (AvgIpc) is 2.60. The van der Waals surface area contributed by atoms with E-state index in [2.05, 4.69) is 17.2 Å². The molecule has 0 saturated heterocycles. The van der Waals surface area contributed by atoms with E-state index in [1.165, 1.54) is 6.08 Å². The van der Waals surface area contributed by atoms with Crippen LogP contribution < -0.4 is 15.4 Å². The van der Waals surface area contributed by atoms with Gasteiger partial charge in [-0.1, -0.05) is 29.8 Å². The molecular weight excluding hydrogens is 328 g/mol. The van der Waals surface area contributed by atoms with Gasteiger partial charge in [-0.15, -0.1) is 6.58 Å². The first-order valence-corrected chi connectivity index (χ1v) is 7.63. The predicted molar refractivity (Wildman–Crippen MR) is 94.1 cm³/mol. The van der Waals surface area contributed by atoms with Crippen LogP contribution in [0, 0.1) is 0 Å². The lowest BCUT2D eigenvalue weighted by Crippen LogP contribution is -2.35. The smallest absolute Gasteiger partial charge is 0.313 e. The maximum absolute atomic E-state index is 11.6. The first kappa shape index (κ1) is 17.6. The van der Waals surface area contributed by atoms with Crippen LogP contribution in [0.3, 0.4) is 0 Å². The fraction of sp³-hybridized carbons (Fsp3) is 0.111. The van der Waals surface area contributed by atoms with Crippen molar-refractivity contribution in [1.82, 2.24) is 5.32 Å². The van der Waals surface area contributed by atoms with Gasteiger partial charge in [0.2, 0.25) is 0 Å². The Balaban J connectivity index is 1.86. The topological polar surface area (TPSA) is 67.4 Å². The fourth-order valence-electron chi connectivity index (χ4n) is 1.81. The Kier molecular flexibility index (Phi) is 6.40. The molecule has 2 N–H and O–H groups in total. The Hall–Kier alpha value is -2.79. The monoisotopic (exact) mass is 344 g/mol. The van der Waals surface area contributed by atoms with Crippen LogP contribution in [-0.4, -0.2) is 18.4 Å². The highest BCUT2D eigenvalue weighted by Gasteiger charge is 2.12. The quantitative estimate of drug-likeness (QED) is 0.625. The maximum Gasteiger partial charge on any atom is 0.313 e. The molecule has 24 heavy (non-hydrogen) atoms.